The van der Waals surface area contributed by atoms with Crippen LogP contribution in [0.15, 0.2) is 41.5 Å². The van der Waals surface area contributed by atoms with E-state index in [2.05, 4.69) is 15.8 Å². The molecule has 0 bridgehead atoms. The van der Waals surface area contributed by atoms with Gasteiger partial charge in [0.1, 0.15) is 11.5 Å². The van der Waals surface area contributed by atoms with Crippen molar-refractivity contribution in [3.8, 4) is 23.0 Å². The number of phenolic OH excluding ortho intramolecular Hbond substituents is 1. The fourth-order valence-corrected chi connectivity index (χ4v) is 3.51. The van der Waals surface area contributed by atoms with Crippen molar-refractivity contribution in [1.82, 2.24) is 5.43 Å². The molecule has 0 atom stereocenters. The first-order valence-corrected chi connectivity index (χ1v) is 12.0. The molecular weight excluding hydrogens is 528 g/mol. The van der Waals surface area contributed by atoms with Crippen molar-refractivity contribution in [1.29, 1.82) is 0 Å². The normalized spacial score (nSPS) is 11.2. The lowest BCUT2D eigenvalue weighted by Crippen LogP contribution is -3.00. The number of benzene rings is 2. The van der Waals surface area contributed by atoms with Crippen LogP contribution in [0.4, 0.5) is 5.69 Å². The predicted octanol–water partition coefficient (Wildman–Crippen LogP) is -0.0178. The monoisotopic (exact) mass is 564 g/mol. The van der Waals surface area contributed by atoms with Crippen molar-refractivity contribution in [3.63, 3.8) is 0 Å². The summed E-state index contributed by atoms with van der Waals surface area (Å²) in [7, 11) is 10.1. The zero-order chi connectivity index (χ0) is 28.3. The SMILES string of the molecule is COc1ccc(OC)c(NC(=O)CCC/C(CC(=O)c2ccc(O)c(OC)c2)=N\NC(=O)C[N+](C)(C)C)c1.[Cl-]. The summed E-state index contributed by atoms with van der Waals surface area (Å²) in [5.41, 5.74) is 3.75. The average Bonchev–Trinajstić information content (AvgIpc) is 2.86. The van der Waals surface area contributed by atoms with Crippen LogP contribution < -0.4 is 37.4 Å². The average molecular weight is 565 g/mol. The molecule has 0 saturated heterocycles. The fourth-order valence-electron chi connectivity index (χ4n) is 3.51. The Labute approximate surface area is 235 Å². The molecule has 0 aliphatic rings. The van der Waals surface area contributed by atoms with Gasteiger partial charge in [-0.1, -0.05) is 0 Å². The molecule has 0 saturated carbocycles. The van der Waals surface area contributed by atoms with E-state index in [0.717, 1.165) is 0 Å². The second kappa shape index (κ2) is 15.6. The van der Waals surface area contributed by atoms with E-state index in [0.29, 0.717) is 45.8 Å². The number of carbonyl (C=O) groups excluding carboxylic acids is 3. The molecule has 0 heterocycles. The quantitative estimate of drug-likeness (QED) is 0.127. The number of nitrogens with zero attached hydrogens (tertiary/aromatic N) is 2. The molecule has 2 aromatic carbocycles. The van der Waals surface area contributed by atoms with Gasteiger partial charge in [0.15, 0.2) is 23.8 Å². The Morgan fingerprint density at radius 3 is 2.21 bits per heavy atom. The van der Waals surface area contributed by atoms with Gasteiger partial charge in [0.2, 0.25) is 5.91 Å². The van der Waals surface area contributed by atoms with E-state index < -0.39 is 0 Å². The highest BCUT2D eigenvalue weighted by atomic mass is 35.5. The highest BCUT2D eigenvalue weighted by molar-refractivity contribution is 6.10. The Morgan fingerprint density at radius 2 is 1.59 bits per heavy atom. The molecule has 0 unspecified atom stereocenters. The van der Waals surface area contributed by atoms with Crippen molar-refractivity contribution in [2.75, 3.05) is 54.3 Å². The van der Waals surface area contributed by atoms with Gasteiger partial charge in [-0.2, -0.15) is 5.10 Å². The molecule has 0 aliphatic carbocycles. The van der Waals surface area contributed by atoms with Gasteiger partial charge in [-0.05, 0) is 43.2 Å². The molecule has 39 heavy (non-hydrogen) atoms. The molecule has 0 fully saturated rings. The number of anilines is 1. The molecule has 214 valence electrons. The zero-order valence-electron chi connectivity index (χ0n) is 23.2. The zero-order valence-corrected chi connectivity index (χ0v) is 23.9. The number of aromatic hydroxyl groups is 1. The Hall–Kier alpha value is -3.83. The smallest absolute Gasteiger partial charge is 0.295 e. The summed E-state index contributed by atoms with van der Waals surface area (Å²) in [6.45, 7) is 0.199. The molecule has 2 rings (SSSR count). The summed E-state index contributed by atoms with van der Waals surface area (Å²) in [6.07, 6.45) is 0.750. The number of Topliss-reactive ketones (excluding diaryl/α,β-unsaturated/α-hetero) is 1. The van der Waals surface area contributed by atoms with Gasteiger partial charge in [0.05, 0.1) is 54.6 Å². The van der Waals surface area contributed by atoms with E-state index in [1.54, 1.807) is 18.2 Å². The van der Waals surface area contributed by atoms with E-state index in [-0.39, 0.29) is 60.9 Å². The number of likely N-dealkylation sites (N-methyl/N-ethyl adjacent to an activating group) is 1. The van der Waals surface area contributed by atoms with Gasteiger partial charge in [-0.15, -0.1) is 0 Å². The second-order valence-corrected chi connectivity index (χ2v) is 9.62. The maximum absolute atomic E-state index is 12.9. The first-order chi connectivity index (χ1) is 17.9. The lowest BCUT2D eigenvalue weighted by molar-refractivity contribution is -0.862. The maximum atomic E-state index is 12.9. The minimum Gasteiger partial charge on any atom is -1.00 e. The number of nitrogens with one attached hydrogen (secondary N) is 2. The van der Waals surface area contributed by atoms with Gasteiger partial charge in [0, 0.05) is 23.8 Å². The molecule has 12 heteroatoms. The summed E-state index contributed by atoms with van der Waals surface area (Å²) >= 11 is 0. The summed E-state index contributed by atoms with van der Waals surface area (Å²) in [6, 6.07) is 9.40. The number of hydrazone groups is 1. The molecule has 0 radical (unpaired) electrons. The minimum atomic E-state index is -0.295. The third-order valence-electron chi connectivity index (χ3n) is 5.37. The van der Waals surface area contributed by atoms with Crippen molar-refractivity contribution in [3.05, 3.63) is 42.0 Å². The number of hydrogen-bond acceptors (Lipinski definition) is 8. The topological polar surface area (TPSA) is 136 Å². The van der Waals surface area contributed by atoms with E-state index in [1.807, 2.05) is 21.1 Å². The molecule has 2 amide bonds. The highest BCUT2D eigenvalue weighted by Crippen LogP contribution is 2.29. The van der Waals surface area contributed by atoms with E-state index in [4.69, 9.17) is 14.2 Å². The van der Waals surface area contributed by atoms with Gasteiger partial charge < -0.3 is 41.5 Å². The second-order valence-electron chi connectivity index (χ2n) is 9.62. The lowest BCUT2D eigenvalue weighted by atomic mass is 10.0. The summed E-state index contributed by atoms with van der Waals surface area (Å²) < 4.78 is 16.0. The van der Waals surface area contributed by atoms with Crippen LogP contribution in [0.25, 0.3) is 0 Å². The van der Waals surface area contributed by atoms with Crippen LogP contribution in [-0.2, 0) is 9.59 Å². The van der Waals surface area contributed by atoms with Crippen LogP contribution >= 0.6 is 0 Å². The molecule has 2 aromatic rings. The molecular formula is C27H37ClN4O7. The van der Waals surface area contributed by atoms with Gasteiger partial charge >= 0.3 is 0 Å². The number of ether oxygens (including phenoxy) is 3. The van der Waals surface area contributed by atoms with Crippen molar-refractivity contribution >= 4 is 29.0 Å². The van der Waals surface area contributed by atoms with Crippen LogP contribution in [0.5, 0.6) is 23.0 Å². The minimum absolute atomic E-state index is 0. The number of amides is 2. The Kier molecular flexibility index (Phi) is 13.2. The number of carbonyl (C=O) groups is 3. The fraction of sp³-hybridized carbons (Fsp3) is 0.407. The number of phenols is 1. The van der Waals surface area contributed by atoms with Gasteiger partial charge in [-0.25, -0.2) is 5.43 Å². The number of quaternary nitrogens is 1. The summed E-state index contributed by atoms with van der Waals surface area (Å²) in [5.74, 6) is 0.352. The van der Waals surface area contributed by atoms with Crippen LogP contribution in [0, 0.1) is 0 Å². The number of halogens is 1. The molecule has 0 aliphatic heterocycles. The molecule has 11 nitrogen and oxygen atoms in total. The van der Waals surface area contributed by atoms with Crippen LogP contribution in [0.1, 0.15) is 36.0 Å². The van der Waals surface area contributed by atoms with E-state index >= 15 is 0 Å². The van der Waals surface area contributed by atoms with Crippen molar-refractivity contribution in [2.24, 2.45) is 5.10 Å². The lowest BCUT2D eigenvalue weighted by Gasteiger charge is -2.22. The van der Waals surface area contributed by atoms with Crippen LogP contribution in [0.3, 0.4) is 0 Å². The highest BCUT2D eigenvalue weighted by Gasteiger charge is 2.17. The number of methoxy groups -OCH3 is 3. The van der Waals surface area contributed by atoms with Crippen molar-refractivity contribution in [2.45, 2.75) is 25.7 Å². The Balaban J connectivity index is 0.00000760. The number of ketones is 1. The van der Waals surface area contributed by atoms with Crippen molar-refractivity contribution < 1.29 is 50.6 Å². The molecule has 3 N–H and O–H groups in total. The largest absolute Gasteiger partial charge is 1.00 e. The summed E-state index contributed by atoms with van der Waals surface area (Å²) in [5, 5.41) is 16.8. The Bertz CT molecular complexity index is 1180. The predicted molar refractivity (Wildman–Crippen MR) is 144 cm³/mol. The molecule has 0 spiro atoms. The van der Waals surface area contributed by atoms with Crippen LogP contribution in [-0.4, -0.2) is 81.9 Å². The summed E-state index contributed by atoms with van der Waals surface area (Å²) in [4.78, 5) is 37.8. The maximum Gasteiger partial charge on any atom is 0.295 e. The number of rotatable bonds is 14. The molecule has 0 aromatic heterocycles. The van der Waals surface area contributed by atoms with E-state index in [9.17, 15) is 19.5 Å². The third kappa shape index (κ3) is 11.2. The van der Waals surface area contributed by atoms with E-state index in [1.165, 1.54) is 39.5 Å². The Morgan fingerprint density at radius 1 is 0.897 bits per heavy atom. The standard InChI is InChI=1S/C27H36N4O7.ClH/c1-31(2,3)17-27(35)30-29-19(15-23(33)18-10-12-22(32)25(14-18)38-6)8-7-9-26(34)28-21-16-20(36-4)11-13-24(21)37-5;/h10-14,16H,7-9,15,17H2,1-6H3,(H2-,28,30,32,33,34,35);1H/b29-19+;. The van der Waals surface area contributed by atoms with Crippen LogP contribution in [0.2, 0.25) is 0 Å². The third-order valence-corrected chi connectivity index (χ3v) is 5.37. The first-order valence-electron chi connectivity index (χ1n) is 12.0. The van der Waals surface area contributed by atoms with Gasteiger partial charge in [0.25, 0.3) is 5.91 Å². The first kappa shape index (κ1) is 33.2. The number of hydrogen-bond donors (Lipinski definition) is 3. The van der Waals surface area contributed by atoms with Gasteiger partial charge in [-0.3, -0.25) is 14.4 Å².